The van der Waals surface area contributed by atoms with Crippen molar-refractivity contribution in [1.82, 2.24) is 10.2 Å². The van der Waals surface area contributed by atoms with E-state index in [4.69, 9.17) is 11.6 Å². The fourth-order valence-corrected chi connectivity index (χ4v) is 5.53. The molecule has 0 saturated heterocycles. The lowest BCUT2D eigenvalue weighted by molar-refractivity contribution is -0.140. The van der Waals surface area contributed by atoms with Gasteiger partial charge in [0, 0.05) is 12.6 Å². The maximum Gasteiger partial charge on any atom is 0.244 e. The van der Waals surface area contributed by atoms with Crippen molar-refractivity contribution in [1.29, 1.82) is 0 Å². The molecule has 3 rings (SSSR count). The number of nitrogens with one attached hydrogen (secondary N) is 1. The van der Waals surface area contributed by atoms with Crippen molar-refractivity contribution < 1.29 is 22.4 Å². The average Bonchev–Trinajstić information content (AvgIpc) is 3.32. The van der Waals surface area contributed by atoms with Crippen LogP contribution in [0.15, 0.2) is 42.5 Å². The van der Waals surface area contributed by atoms with Crippen LogP contribution < -0.4 is 9.62 Å². The first kappa shape index (κ1) is 27.9. The van der Waals surface area contributed by atoms with Crippen LogP contribution in [0, 0.1) is 12.7 Å². The molecule has 1 N–H and O–H groups in total. The summed E-state index contributed by atoms with van der Waals surface area (Å²) in [6.07, 6.45) is 5.24. The Morgan fingerprint density at radius 2 is 1.83 bits per heavy atom. The molecule has 0 bridgehead atoms. The minimum atomic E-state index is -3.92. The number of benzene rings is 2. The molecule has 2 aromatic carbocycles. The zero-order valence-electron chi connectivity index (χ0n) is 20.8. The number of anilines is 1. The smallest absolute Gasteiger partial charge is 0.244 e. The molecule has 36 heavy (non-hydrogen) atoms. The van der Waals surface area contributed by atoms with Crippen LogP contribution in [0.4, 0.5) is 10.1 Å². The van der Waals surface area contributed by atoms with Gasteiger partial charge in [-0.2, -0.15) is 0 Å². The molecule has 1 saturated carbocycles. The molecule has 7 nitrogen and oxygen atoms in total. The van der Waals surface area contributed by atoms with E-state index in [2.05, 4.69) is 5.32 Å². The molecule has 0 heterocycles. The quantitative estimate of drug-likeness (QED) is 0.486. The summed E-state index contributed by atoms with van der Waals surface area (Å²) < 4.78 is 39.9. The molecule has 1 aliphatic rings. The summed E-state index contributed by atoms with van der Waals surface area (Å²) in [5.41, 5.74) is 1.87. The lowest BCUT2D eigenvalue weighted by Gasteiger charge is -2.33. The van der Waals surface area contributed by atoms with E-state index in [1.54, 1.807) is 0 Å². The molecule has 1 unspecified atom stereocenters. The van der Waals surface area contributed by atoms with Crippen molar-refractivity contribution >= 4 is 39.1 Å². The van der Waals surface area contributed by atoms with Gasteiger partial charge in [-0.15, -0.1) is 0 Å². The normalized spacial score (nSPS) is 14.9. The predicted molar refractivity (Wildman–Crippen MR) is 140 cm³/mol. The van der Waals surface area contributed by atoms with E-state index in [0.717, 1.165) is 53.4 Å². The number of amides is 2. The van der Waals surface area contributed by atoms with Crippen LogP contribution in [0.5, 0.6) is 0 Å². The van der Waals surface area contributed by atoms with Crippen LogP contribution in [-0.2, 0) is 26.2 Å². The fraction of sp³-hybridized carbons (Fsp3) is 0.462. The third kappa shape index (κ3) is 6.97. The first-order valence-electron chi connectivity index (χ1n) is 12.1. The Morgan fingerprint density at radius 3 is 2.42 bits per heavy atom. The van der Waals surface area contributed by atoms with Crippen LogP contribution >= 0.6 is 11.6 Å². The van der Waals surface area contributed by atoms with Crippen molar-refractivity contribution in [2.75, 3.05) is 17.1 Å². The highest BCUT2D eigenvalue weighted by molar-refractivity contribution is 7.92. The van der Waals surface area contributed by atoms with E-state index >= 15 is 0 Å². The molecule has 10 heteroatoms. The second kappa shape index (κ2) is 12.1. The van der Waals surface area contributed by atoms with Gasteiger partial charge in [0.1, 0.15) is 18.4 Å². The van der Waals surface area contributed by atoms with Gasteiger partial charge in [-0.05, 0) is 55.5 Å². The van der Waals surface area contributed by atoms with E-state index in [-0.39, 0.29) is 29.2 Å². The average molecular weight is 538 g/mol. The van der Waals surface area contributed by atoms with Gasteiger partial charge in [-0.1, -0.05) is 55.6 Å². The SMILES string of the molecule is CCC(C(=O)NC1CCCC1)N(Cc1ccccc1C)C(=O)CN(c1ccc(F)c(Cl)c1)S(C)(=O)=O. The Balaban J connectivity index is 1.94. The zero-order valence-corrected chi connectivity index (χ0v) is 22.4. The first-order valence-corrected chi connectivity index (χ1v) is 14.3. The van der Waals surface area contributed by atoms with E-state index < -0.39 is 34.3 Å². The number of carbonyl (C=O) groups excluding carboxylic acids is 2. The molecular weight excluding hydrogens is 505 g/mol. The van der Waals surface area contributed by atoms with Crippen molar-refractivity contribution in [2.24, 2.45) is 0 Å². The van der Waals surface area contributed by atoms with Crippen LogP contribution in [0.1, 0.15) is 50.2 Å². The van der Waals surface area contributed by atoms with Gasteiger partial charge in [0.2, 0.25) is 21.8 Å². The van der Waals surface area contributed by atoms with Crippen molar-refractivity contribution in [2.45, 2.75) is 64.6 Å². The highest BCUT2D eigenvalue weighted by Gasteiger charge is 2.33. The molecular formula is C26H33ClFN3O4S. The summed E-state index contributed by atoms with van der Waals surface area (Å²) in [4.78, 5) is 28.4. The summed E-state index contributed by atoms with van der Waals surface area (Å²) in [5.74, 6) is -1.49. The predicted octanol–water partition coefficient (Wildman–Crippen LogP) is 4.42. The number of rotatable bonds is 10. The highest BCUT2D eigenvalue weighted by Crippen LogP contribution is 2.25. The van der Waals surface area contributed by atoms with E-state index in [1.807, 2.05) is 38.1 Å². The zero-order chi connectivity index (χ0) is 26.5. The molecule has 0 spiro atoms. The van der Waals surface area contributed by atoms with Gasteiger partial charge in [0.25, 0.3) is 0 Å². The molecule has 1 atom stereocenters. The second-order valence-electron chi connectivity index (χ2n) is 9.23. The topological polar surface area (TPSA) is 86.8 Å². The summed E-state index contributed by atoms with van der Waals surface area (Å²) >= 11 is 5.88. The lowest BCUT2D eigenvalue weighted by Crippen LogP contribution is -2.53. The fourth-order valence-electron chi connectivity index (χ4n) is 4.51. The van der Waals surface area contributed by atoms with Crippen LogP contribution in [0.2, 0.25) is 5.02 Å². The molecule has 2 amide bonds. The lowest BCUT2D eigenvalue weighted by atomic mass is 10.1. The number of hydrogen-bond acceptors (Lipinski definition) is 4. The van der Waals surface area contributed by atoms with Crippen molar-refractivity contribution in [3.63, 3.8) is 0 Å². The van der Waals surface area contributed by atoms with Gasteiger partial charge in [0.15, 0.2) is 0 Å². The van der Waals surface area contributed by atoms with Gasteiger partial charge in [-0.3, -0.25) is 13.9 Å². The van der Waals surface area contributed by atoms with E-state index in [9.17, 15) is 22.4 Å². The summed E-state index contributed by atoms with van der Waals surface area (Å²) in [5, 5.41) is 2.81. The monoisotopic (exact) mass is 537 g/mol. The van der Waals surface area contributed by atoms with E-state index in [1.165, 1.54) is 17.0 Å². The van der Waals surface area contributed by atoms with Gasteiger partial charge in [-0.25, -0.2) is 12.8 Å². The summed E-state index contributed by atoms with van der Waals surface area (Å²) in [6, 6.07) is 10.3. The summed E-state index contributed by atoms with van der Waals surface area (Å²) in [6.45, 7) is 3.33. The van der Waals surface area contributed by atoms with Crippen molar-refractivity contribution in [3.8, 4) is 0 Å². The number of hydrogen-bond donors (Lipinski definition) is 1. The van der Waals surface area contributed by atoms with E-state index in [0.29, 0.717) is 6.42 Å². The maximum absolute atomic E-state index is 13.7. The Hall–Kier alpha value is -2.65. The largest absolute Gasteiger partial charge is 0.352 e. The number of halogens is 2. The van der Waals surface area contributed by atoms with Gasteiger partial charge in [0.05, 0.1) is 17.0 Å². The first-order chi connectivity index (χ1) is 17.0. The Labute approximate surface area is 217 Å². The Kier molecular flexibility index (Phi) is 9.35. The highest BCUT2D eigenvalue weighted by atomic mass is 35.5. The molecule has 1 fully saturated rings. The molecule has 1 aliphatic carbocycles. The standard InChI is InChI=1S/C26H33ClFN3O4S/c1-4-24(26(33)29-20-11-7-8-12-20)30(16-19-10-6-5-9-18(19)2)25(32)17-31(36(3,34)35)21-13-14-23(28)22(27)15-21/h5-6,9-10,13-15,20,24H,4,7-8,11-12,16-17H2,1-3H3,(H,29,33). The molecule has 196 valence electrons. The molecule has 0 aliphatic heterocycles. The number of nitrogens with zero attached hydrogens (tertiary/aromatic N) is 2. The summed E-state index contributed by atoms with van der Waals surface area (Å²) in [7, 11) is -3.92. The number of carbonyl (C=O) groups is 2. The van der Waals surface area contributed by atoms with Gasteiger partial charge < -0.3 is 10.2 Å². The Morgan fingerprint density at radius 1 is 1.17 bits per heavy atom. The minimum Gasteiger partial charge on any atom is -0.352 e. The van der Waals surface area contributed by atoms with Crippen molar-refractivity contribution in [3.05, 3.63) is 64.4 Å². The van der Waals surface area contributed by atoms with Crippen LogP contribution in [0.3, 0.4) is 0 Å². The molecule has 0 aromatic heterocycles. The molecule has 2 aromatic rings. The van der Waals surface area contributed by atoms with Gasteiger partial charge >= 0.3 is 0 Å². The third-order valence-electron chi connectivity index (χ3n) is 6.56. The van der Waals surface area contributed by atoms with Crippen LogP contribution in [-0.4, -0.2) is 50.0 Å². The number of aryl methyl sites for hydroxylation is 1. The molecule has 0 radical (unpaired) electrons. The Bertz CT molecular complexity index is 1200. The second-order valence-corrected chi connectivity index (χ2v) is 11.5. The van der Waals surface area contributed by atoms with Crippen LogP contribution in [0.25, 0.3) is 0 Å². The maximum atomic E-state index is 13.7. The minimum absolute atomic E-state index is 0.0662. The number of sulfonamides is 1. The third-order valence-corrected chi connectivity index (χ3v) is 7.99.